The van der Waals surface area contributed by atoms with E-state index in [1.54, 1.807) is 0 Å². The van der Waals surface area contributed by atoms with Crippen LogP contribution in [0.25, 0.3) is 88.3 Å². The van der Waals surface area contributed by atoms with Gasteiger partial charge in [-0.15, -0.1) is 0 Å². The van der Waals surface area contributed by atoms with E-state index in [-0.39, 0.29) is 0 Å². The standard InChI is InChI=1S/C52H33NO/c1-2-15-35(16-3-1)39-18-10-12-24-48(39)53(37-27-26-34-14-4-5-17-36(34)32-37)38-28-29-43-45-30-31-50-52(46-23-11-13-25-49(46)54-50)51(45)44-22-9-8-20-41(44)40-19-6-7-21-42(40)47(43)33-38/h1-33H. The van der Waals surface area contributed by atoms with Gasteiger partial charge in [0.1, 0.15) is 11.2 Å². The molecule has 0 spiro atoms. The van der Waals surface area contributed by atoms with Crippen molar-refractivity contribution in [1.82, 2.24) is 0 Å². The average Bonchev–Trinajstić information content (AvgIpc) is 3.62. The Balaban J connectivity index is 1.23. The van der Waals surface area contributed by atoms with Gasteiger partial charge in [0, 0.05) is 33.3 Å². The molecule has 1 aromatic heterocycles. The number of para-hydroxylation sites is 2. The first-order valence-electron chi connectivity index (χ1n) is 18.5. The Morgan fingerprint density at radius 2 is 0.907 bits per heavy atom. The van der Waals surface area contributed by atoms with E-state index in [0.29, 0.717) is 0 Å². The number of fused-ring (bicyclic) bond motifs is 13. The Kier molecular flexibility index (Phi) is 6.90. The predicted molar refractivity (Wildman–Crippen MR) is 227 cm³/mol. The van der Waals surface area contributed by atoms with Crippen LogP contribution in [0.5, 0.6) is 0 Å². The Morgan fingerprint density at radius 1 is 0.333 bits per heavy atom. The molecule has 1 aliphatic carbocycles. The third-order valence-electron chi connectivity index (χ3n) is 11.0. The van der Waals surface area contributed by atoms with Crippen molar-refractivity contribution in [2.45, 2.75) is 0 Å². The van der Waals surface area contributed by atoms with Crippen molar-refractivity contribution in [3.8, 4) is 55.6 Å². The highest BCUT2D eigenvalue weighted by atomic mass is 16.3. The third-order valence-corrected chi connectivity index (χ3v) is 11.0. The fraction of sp³-hybridized carbons (Fsp3) is 0. The zero-order valence-electron chi connectivity index (χ0n) is 29.4. The van der Waals surface area contributed by atoms with Crippen LogP contribution in [0.1, 0.15) is 0 Å². The van der Waals surface area contributed by atoms with Crippen LogP contribution < -0.4 is 4.90 Å². The van der Waals surface area contributed by atoms with Crippen LogP contribution in [0.4, 0.5) is 17.1 Å². The number of nitrogens with zero attached hydrogens (tertiary/aromatic N) is 1. The second-order valence-corrected chi connectivity index (χ2v) is 14.0. The molecule has 2 heteroatoms. The van der Waals surface area contributed by atoms with Crippen LogP contribution in [0.2, 0.25) is 0 Å². The maximum absolute atomic E-state index is 6.48. The van der Waals surface area contributed by atoms with E-state index in [2.05, 4.69) is 199 Å². The van der Waals surface area contributed by atoms with E-state index in [1.807, 2.05) is 6.07 Å². The third kappa shape index (κ3) is 4.74. The molecule has 0 unspecified atom stereocenters. The summed E-state index contributed by atoms with van der Waals surface area (Å²) in [6, 6.07) is 72.5. The molecule has 0 aliphatic heterocycles. The van der Waals surface area contributed by atoms with Gasteiger partial charge in [0.15, 0.2) is 0 Å². The van der Waals surface area contributed by atoms with Crippen molar-refractivity contribution in [2.24, 2.45) is 0 Å². The number of hydrogen-bond donors (Lipinski definition) is 0. The summed E-state index contributed by atoms with van der Waals surface area (Å²) in [5.74, 6) is 0. The molecule has 0 amide bonds. The molecule has 0 fully saturated rings. The fourth-order valence-electron chi connectivity index (χ4n) is 8.61. The normalized spacial score (nSPS) is 11.7. The number of anilines is 3. The van der Waals surface area contributed by atoms with Crippen molar-refractivity contribution in [1.29, 1.82) is 0 Å². The van der Waals surface area contributed by atoms with Gasteiger partial charge in [-0.25, -0.2) is 0 Å². The minimum Gasteiger partial charge on any atom is -0.456 e. The highest BCUT2D eigenvalue weighted by Gasteiger charge is 2.27. The highest BCUT2D eigenvalue weighted by Crippen LogP contribution is 2.53. The lowest BCUT2D eigenvalue weighted by atomic mass is 9.79. The summed E-state index contributed by atoms with van der Waals surface area (Å²) in [6.45, 7) is 0. The summed E-state index contributed by atoms with van der Waals surface area (Å²) in [5.41, 5.74) is 17.1. The maximum atomic E-state index is 6.48. The van der Waals surface area contributed by atoms with Crippen molar-refractivity contribution in [2.75, 3.05) is 4.90 Å². The first kappa shape index (κ1) is 30.5. The average molecular weight is 688 g/mol. The zero-order valence-corrected chi connectivity index (χ0v) is 29.4. The lowest BCUT2D eigenvalue weighted by Gasteiger charge is -2.30. The number of hydrogen-bond acceptors (Lipinski definition) is 2. The zero-order chi connectivity index (χ0) is 35.6. The van der Waals surface area contributed by atoms with E-state index in [9.17, 15) is 0 Å². The Labute approximate surface area is 313 Å². The van der Waals surface area contributed by atoms with Crippen molar-refractivity contribution in [3.05, 3.63) is 200 Å². The molecule has 1 heterocycles. The summed E-state index contributed by atoms with van der Waals surface area (Å²) >= 11 is 0. The lowest BCUT2D eigenvalue weighted by Crippen LogP contribution is -2.12. The molecule has 11 rings (SSSR count). The van der Waals surface area contributed by atoms with Crippen LogP contribution in [-0.2, 0) is 0 Å². The molecule has 1 aliphatic rings. The molecule has 252 valence electrons. The van der Waals surface area contributed by atoms with Gasteiger partial charge in [-0.1, -0.05) is 152 Å². The molecule has 0 saturated carbocycles. The van der Waals surface area contributed by atoms with Gasteiger partial charge in [0.05, 0.1) is 5.69 Å². The molecule has 0 bridgehead atoms. The van der Waals surface area contributed by atoms with Crippen molar-refractivity contribution >= 4 is 49.8 Å². The van der Waals surface area contributed by atoms with Gasteiger partial charge in [0.2, 0.25) is 0 Å². The quantitative estimate of drug-likeness (QED) is 0.183. The maximum Gasteiger partial charge on any atom is 0.136 e. The predicted octanol–water partition coefficient (Wildman–Crippen LogP) is 14.9. The molecule has 0 N–H and O–H groups in total. The van der Waals surface area contributed by atoms with E-state index in [1.165, 1.54) is 66.4 Å². The van der Waals surface area contributed by atoms with E-state index in [4.69, 9.17) is 4.42 Å². The molecular weight excluding hydrogens is 655 g/mol. The smallest absolute Gasteiger partial charge is 0.136 e. The molecule has 10 aromatic rings. The van der Waals surface area contributed by atoms with Crippen LogP contribution in [0, 0.1) is 0 Å². The summed E-state index contributed by atoms with van der Waals surface area (Å²) in [6.07, 6.45) is 0. The van der Waals surface area contributed by atoms with Crippen LogP contribution in [-0.4, -0.2) is 0 Å². The van der Waals surface area contributed by atoms with Crippen LogP contribution >= 0.6 is 0 Å². The van der Waals surface area contributed by atoms with E-state index in [0.717, 1.165) is 39.0 Å². The second-order valence-electron chi connectivity index (χ2n) is 14.0. The summed E-state index contributed by atoms with van der Waals surface area (Å²) in [5, 5.41) is 4.71. The SMILES string of the molecule is c1ccc(-c2ccccc2N(c2ccc3c(c2)-c2ccccc2-c2ccccc2-c2c-3ccc3oc4ccccc4c23)c2ccc3ccccc3c2)cc1. The molecule has 54 heavy (non-hydrogen) atoms. The summed E-state index contributed by atoms with van der Waals surface area (Å²) in [4.78, 5) is 2.43. The van der Waals surface area contributed by atoms with E-state index >= 15 is 0 Å². The van der Waals surface area contributed by atoms with E-state index < -0.39 is 0 Å². The van der Waals surface area contributed by atoms with Crippen LogP contribution in [0.15, 0.2) is 205 Å². The van der Waals surface area contributed by atoms with Crippen molar-refractivity contribution < 1.29 is 4.42 Å². The number of rotatable bonds is 4. The Hall–Kier alpha value is -7.16. The topological polar surface area (TPSA) is 16.4 Å². The molecule has 2 nitrogen and oxygen atoms in total. The Morgan fingerprint density at radius 3 is 1.74 bits per heavy atom. The highest BCUT2D eigenvalue weighted by molar-refractivity contribution is 6.19. The van der Waals surface area contributed by atoms with Gasteiger partial charge >= 0.3 is 0 Å². The number of furan rings is 1. The molecule has 0 saturated heterocycles. The van der Waals surface area contributed by atoms with Gasteiger partial charge in [-0.3, -0.25) is 0 Å². The number of benzene rings is 9. The first-order valence-corrected chi connectivity index (χ1v) is 18.5. The Bertz CT molecular complexity index is 3060. The van der Waals surface area contributed by atoms with Crippen LogP contribution in [0.3, 0.4) is 0 Å². The molecule has 0 atom stereocenters. The minimum atomic E-state index is 0.900. The van der Waals surface area contributed by atoms with Crippen molar-refractivity contribution in [3.63, 3.8) is 0 Å². The fourth-order valence-corrected chi connectivity index (χ4v) is 8.61. The molecular formula is C52H33NO. The van der Waals surface area contributed by atoms with Gasteiger partial charge in [-0.05, 0) is 104 Å². The van der Waals surface area contributed by atoms with Gasteiger partial charge in [0.25, 0.3) is 0 Å². The molecule has 0 radical (unpaired) electrons. The molecule has 9 aromatic carbocycles. The monoisotopic (exact) mass is 687 g/mol. The largest absolute Gasteiger partial charge is 0.456 e. The summed E-state index contributed by atoms with van der Waals surface area (Å²) < 4.78 is 6.48. The first-order chi connectivity index (χ1) is 26.8. The lowest BCUT2D eigenvalue weighted by molar-refractivity contribution is 0.669. The van der Waals surface area contributed by atoms with Gasteiger partial charge < -0.3 is 9.32 Å². The second kappa shape index (κ2) is 12.2. The summed E-state index contributed by atoms with van der Waals surface area (Å²) in [7, 11) is 0. The van der Waals surface area contributed by atoms with Gasteiger partial charge in [-0.2, -0.15) is 0 Å². The minimum absolute atomic E-state index is 0.900.